The average molecular weight is 254 g/mol. The molecule has 0 bridgehead atoms. The van der Waals surface area contributed by atoms with Crippen molar-refractivity contribution in [2.45, 2.75) is 6.92 Å². The normalized spacial score (nSPS) is 10.3. The molecule has 0 aliphatic heterocycles. The van der Waals surface area contributed by atoms with Crippen LogP contribution in [0.15, 0.2) is 24.3 Å². The van der Waals surface area contributed by atoms with Crippen molar-refractivity contribution in [2.24, 2.45) is 0 Å². The molecule has 88 valence electrons. The van der Waals surface area contributed by atoms with Crippen LogP contribution in [0.3, 0.4) is 0 Å². The fraction of sp³-hybridized carbons (Fsp3) is 0.0909. The molecule has 1 amide bonds. The lowest BCUT2D eigenvalue weighted by atomic mass is 10.2. The summed E-state index contributed by atoms with van der Waals surface area (Å²) in [4.78, 5) is 11.7. The van der Waals surface area contributed by atoms with Crippen molar-refractivity contribution >= 4 is 23.3 Å². The number of amides is 1. The monoisotopic (exact) mass is 253 g/mol. The Hall–Kier alpha value is -1.88. The van der Waals surface area contributed by atoms with Gasteiger partial charge in [-0.25, -0.2) is 4.39 Å². The Balaban J connectivity index is 2.17. The van der Waals surface area contributed by atoms with Crippen LogP contribution in [0.25, 0.3) is 0 Å². The van der Waals surface area contributed by atoms with E-state index in [1.165, 1.54) is 12.1 Å². The molecule has 0 unspecified atom stereocenters. The second kappa shape index (κ2) is 4.55. The minimum Gasteiger partial charge on any atom is -0.305 e. The average Bonchev–Trinajstić information content (AvgIpc) is 2.68. The van der Waals surface area contributed by atoms with E-state index in [0.717, 1.165) is 11.8 Å². The van der Waals surface area contributed by atoms with Gasteiger partial charge in [0.25, 0.3) is 5.91 Å². The lowest BCUT2D eigenvalue weighted by Gasteiger charge is -2.02. The lowest BCUT2D eigenvalue weighted by Crippen LogP contribution is -2.12. The van der Waals surface area contributed by atoms with Crippen LogP contribution in [-0.2, 0) is 0 Å². The maximum Gasteiger partial charge on any atom is 0.256 e. The number of rotatable bonds is 2. The summed E-state index contributed by atoms with van der Waals surface area (Å²) in [5.74, 6) is -0.537. The van der Waals surface area contributed by atoms with Gasteiger partial charge in [0, 0.05) is 17.3 Å². The van der Waals surface area contributed by atoms with Crippen LogP contribution in [-0.4, -0.2) is 16.1 Å². The molecular formula is C11H9ClFN3O. The number of H-pyrrole nitrogens is 1. The van der Waals surface area contributed by atoms with Crippen LogP contribution < -0.4 is 5.32 Å². The molecule has 0 saturated heterocycles. The predicted molar refractivity (Wildman–Crippen MR) is 62.7 cm³/mol. The van der Waals surface area contributed by atoms with Gasteiger partial charge in [-0.2, -0.15) is 5.10 Å². The molecule has 1 aromatic heterocycles. The second-order valence-electron chi connectivity index (χ2n) is 3.52. The number of anilines is 1. The van der Waals surface area contributed by atoms with Gasteiger partial charge in [0.2, 0.25) is 0 Å². The molecule has 0 spiro atoms. The third-order valence-electron chi connectivity index (χ3n) is 2.13. The molecular weight excluding hydrogens is 245 g/mol. The number of aromatic amines is 1. The number of nitrogens with zero attached hydrogens (tertiary/aromatic N) is 1. The first-order valence-electron chi connectivity index (χ1n) is 4.84. The first kappa shape index (κ1) is 11.6. The molecule has 0 aliphatic rings. The van der Waals surface area contributed by atoms with Crippen molar-refractivity contribution in [2.75, 3.05) is 5.32 Å². The Labute approximate surface area is 102 Å². The number of halogens is 2. The van der Waals surface area contributed by atoms with Gasteiger partial charge in [-0.3, -0.25) is 9.89 Å². The molecule has 4 nitrogen and oxygen atoms in total. The summed E-state index contributed by atoms with van der Waals surface area (Å²) < 4.78 is 12.9. The van der Waals surface area contributed by atoms with E-state index in [0.29, 0.717) is 5.82 Å². The number of nitrogens with one attached hydrogen (secondary N) is 2. The molecule has 17 heavy (non-hydrogen) atoms. The Morgan fingerprint density at radius 1 is 1.47 bits per heavy atom. The van der Waals surface area contributed by atoms with E-state index in [-0.39, 0.29) is 10.6 Å². The van der Waals surface area contributed by atoms with Crippen LogP contribution in [0, 0.1) is 12.7 Å². The van der Waals surface area contributed by atoms with Crippen LogP contribution >= 0.6 is 11.6 Å². The summed E-state index contributed by atoms with van der Waals surface area (Å²) in [6, 6.07) is 5.46. The SMILES string of the molecule is Cc1cc(NC(=O)c2ccc(F)c(Cl)c2)n[nH]1. The molecule has 2 aromatic rings. The van der Waals surface area contributed by atoms with Crippen molar-refractivity contribution in [3.8, 4) is 0 Å². The standard InChI is InChI=1S/C11H9ClFN3O/c1-6-4-10(16-15-6)14-11(17)7-2-3-9(13)8(12)5-7/h2-5H,1H3,(H2,14,15,16,17). The van der Waals surface area contributed by atoms with Crippen LogP contribution in [0.4, 0.5) is 10.2 Å². The van der Waals surface area contributed by atoms with Crippen LogP contribution in [0.1, 0.15) is 16.1 Å². The van der Waals surface area contributed by atoms with Crippen LogP contribution in [0.5, 0.6) is 0 Å². The van der Waals surface area contributed by atoms with E-state index in [2.05, 4.69) is 15.5 Å². The summed E-state index contributed by atoms with van der Waals surface area (Å²) in [5, 5.41) is 9.03. The van der Waals surface area contributed by atoms with Gasteiger partial charge >= 0.3 is 0 Å². The Kier molecular flexibility index (Phi) is 3.10. The molecule has 0 aliphatic carbocycles. The Bertz CT molecular complexity index is 568. The molecule has 0 radical (unpaired) electrons. The Morgan fingerprint density at radius 2 is 2.24 bits per heavy atom. The minimum atomic E-state index is -0.557. The zero-order valence-corrected chi connectivity index (χ0v) is 9.68. The van der Waals surface area contributed by atoms with Crippen molar-refractivity contribution in [3.05, 3.63) is 46.4 Å². The van der Waals surface area contributed by atoms with E-state index in [1.54, 1.807) is 6.07 Å². The first-order chi connectivity index (χ1) is 8.06. The van der Waals surface area contributed by atoms with Gasteiger partial charge in [0.1, 0.15) is 5.82 Å². The fourth-order valence-corrected chi connectivity index (χ4v) is 1.49. The van der Waals surface area contributed by atoms with Crippen molar-refractivity contribution in [1.82, 2.24) is 10.2 Å². The van der Waals surface area contributed by atoms with E-state index < -0.39 is 11.7 Å². The molecule has 2 rings (SSSR count). The number of benzene rings is 1. The lowest BCUT2D eigenvalue weighted by molar-refractivity contribution is 0.102. The van der Waals surface area contributed by atoms with E-state index >= 15 is 0 Å². The Morgan fingerprint density at radius 3 is 2.82 bits per heavy atom. The predicted octanol–water partition coefficient (Wildman–Crippen LogP) is 2.76. The molecule has 0 atom stereocenters. The highest BCUT2D eigenvalue weighted by molar-refractivity contribution is 6.31. The van der Waals surface area contributed by atoms with E-state index in [1.807, 2.05) is 6.92 Å². The summed E-state index contributed by atoms with van der Waals surface area (Å²) in [6.07, 6.45) is 0. The first-order valence-corrected chi connectivity index (χ1v) is 5.22. The largest absolute Gasteiger partial charge is 0.305 e. The second-order valence-corrected chi connectivity index (χ2v) is 3.93. The number of carbonyl (C=O) groups excluding carboxylic acids is 1. The smallest absolute Gasteiger partial charge is 0.256 e. The van der Waals surface area contributed by atoms with E-state index in [9.17, 15) is 9.18 Å². The number of hydrogen-bond acceptors (Lipinski definition) is 2. The summed E-state index contributed by atoms with van der Waals surface area (Å²) in [5.41, 5.74) is 1.11. The summed E-state index contributed by atoms with van der Waals surface area (Å²) in [6.45, 7) is 1.82. The highest BCUT2D eigenvalue weighted by Crippen LogP contribution is 2.17. The minimum absolute atomic E-state index is 0.0872. The van der Waals surface area contributed by atoms with Crippen molar-refractivity contribution < 1.29 is 9.18 Å². The third-order valence-corrected chi connectivity index (χ3v) is 2.42. The number of carbonyl (C=O) groups is 1. The molecule has 1 heterocycles. The maximum absolute atomic E-state index is 12.9. The zero-order valence-electron chi connectivity index (χ0n) is 8.92. The fourth-order valence-electron chi connectivity index (χ4n) is 1.31. The van der Waals surface area contributed by atoms with Gasteiger partial charge in [-0.1, -0.05) is 11.6 Å². The molecule has 1 aromatic carbocycles. The van der Waals surface area contributed by atoms with Crippen molar-refractivity contribution in [3.63, 3.8) is 0 Å². The van der Waals surface area contributed by atoms with Gasteiger partial charge < -0.3 is 5.32 Å². The third kappa shape index (κ3) is 2.62. The summed E-state index contributed by atoms with van der Waals surface area (Å²) in [7, 11) is 0. The number of hydrogen-bond donors (Lipinski definition) is 2. The molecule has 0 fully saturated rings. The highest BCUT2D eigenvalue weighted by atomic mass is 35.5. The van der Waals surface area contributed by atoms with Gasteiger partial charge in [0.05, 0.1) is 5.02 Å². The van der Waals surface area contributed by atoms with Crippen LogP contribution in [0.2, 0.25) is 5.02 Å². The summed E-state index contributed by atoms with van der Waals surface area (Å²) >= 11 is 5.59. The van der Waals surface area contributed by atoms with Gasteiger partial charge in [-0.15, -0.1) is 0 Å². The number of aromatic nitrogens is 2. The quantitative estimate of drug-likeness (QED) is 0.865. The van der Waals surface area contributed by atoms with Crippen molar-refractivity contribution in [1.29, 1.82) is 0 Å². The van der Waals surface area contributed by atoms with Gasteiger partial charge in [0.15, 0.2) is 5.82 Å². The maximum atomic E-state index is 12.9. The topological polar surface area (TPSA) is 57.8 Å². The highest BCUT2D eigenvalue weighted by Gasteiger charge is 2.10. The molecule has 2 N–H and O–H groups in total. The molecule has 0 saturated carbocycles. The molecule has 6 heteroatoms. The van der Waals surface area contributed by atoms with Gasteiger partial charge in [-0.05, 0) is 25.1 Å². The number of aryl methyl sites for hydroxylation is 1. The zero-order chi connectivity index (χ0) is 12.4. The van der Waals surface area contributed by atoms with E-state index in [4.69, 9.17) is 11.6 Å².